The molecule has 0 saturated heterocycles. The number of aromatic nitrogens is 1. The van der Waals surface area contributed by atoms with Crippen LogP contribution in [0.15, 0.2) is 60.8 Å². The highest BCUT2D eigenvalue weighted by molar-refractivity contribution is 5.93. The molecule has 0 aliphatic rings. The first-order valence-electron chi connectivity index (χ1n) is 10.4. The van der Waals surface area contributed by atoms with E-state index in [0.717, 1.165) is 23.0 Å². The van der Waals surface area contributed by atoms with Crippen LogP contribution in [0.1, 0.15) is 63.0 Å². The average Bonchev–Trinajstić information content (AvgIpc) is 2.73. The number of anilines is 1. The first-order chi connectivity index (χ1) is 13.7. The number of unbranched alkanes of at least 4 members (excludes halogenated alkanes) is 1. The molecule has 1 amide bonds. The Morgan fingerprint density at radius 3 is 2.61 bits per heavy atom. The largest absolute Gasteiger partial charge is 0.325 e. The van der Waals surface area contributed by atoms with Crippen LogP contribution >= 0.6 is 0 Å². The van der Waals surface area contributed by atoms with Crippen molar-refractivity contribution in [1.82, 2.24) is 4.98 Å². The maximum atomic E-state index is 12.3. The molecule has 3 rings (SSSR count). The number of para-hydroxylation sites is 1. The van der Waals surface area contributed by atoms with Crippen molar-refractivity contribution in [2.75, 3.05) is 5.32 Å². The van der Waals surface area contributed by atoms with E-state index in [1.54, 1.807) is 6.20 Å². The average molecular weight is 375 g/mol. The number of amides is 1. The molecule has 1 N–H and O–H groups in total. The minimum Gasteiger partial charge on any atom is -0.325 e. The number of carbonyl (C=O) groups excluding carboxylic acids is 1. The number of benzene rings is 2. The standard InChI is InChI=1S/C25H30N2O/c1-3-5-8-20(4-2)21-14-11-19(12-15-21)13-16-25(28)27-23-17-22-9-6-7-10-24(22)26-18-23/h6-7,9-12,14-15,17-18,20H,3-5,8,13,16H2,1-2H3,(H,27,28). The zero-order valence-corrected chi connectivity index (χ0v) is 16.9. The van der Waals surface area contributed by atoms with Gasteiger partial charge in [0.15, 0.2) is 0 Å². The number of nitrogens with one attached hydrogen (secondary N) is 1. The molecule has 0 fully saturated rings. The normalized spacial score (nSPS) is 12.1. The van der Waals surface area contributed by atoms with Crippen molar-refractivity contribution in [3.8, 4) is 0 Å². The summed E-state index contributed by atoms with van der Waals surface area (Å²) in [6, 6.07) is 18.7. The van der Waals surface area contributed by atoms with Crippen molar-refractivity contribution in [2.24, 2.45) is 0 Å². The van der Waals surface area contributed by atoms with Gasteiger partial charge in [-0.3, -0.25) is 9.78 Å². The van der Waals surface area contributed by atoms with Crippen molar-refractivity contribution in [3.05, 3.63) is 71.9 Å². The molecule has 3 heteroatoms. The molecule has 28 heavy (non-hydrogen) atoms. The molecule has 0 radical (unpaired) electrons. The summed E-state index contributed by atoms with van der Waals surface area (Å²) in [5.74, 6) is 0.674. The van der Waals surface area contributed by atoms with Gasteiger partial charge in [-0.1, -0.05) is 69.2 Å². The molecule has 1 unspecified atom stereocenters. The summed E-state index contributed by atoms with van der Waals surface area (Å²) in [6.07, 6.45) is 7.91. The van der Waals surface area contributed by atoms with E-state index in [1.165, 1.54) is 36.8 Å². The van der Waals surface area contributed by atoms with Gasteiger partial charge in [0, 0.05) is 11.8 Å². The Balaban J connectivity index is 1.53. The quantitative estimate of drug-likeness (QED) is 0.465. The lowest BCUT2D eigenvalue weighted by atomic mass is 9.90. The number of carbonyl (C=O) groups is 1. The van der Waals surface area contributed by atoms with E-state index in [4.69, 9.17) is 0 Å². The van der Waals surface area contributed by atoms with Gasteiger partial charge in [-0.2, -0.15) is 0 Å². The van der Waals surface area contributed by atoms with Crippen LogP contribution in [0.4, 0.5) is 5.69 Å². The van der Waals surface area contributed by atoms with E-state index in [0.29, 0.717) is 12.3 Å². The van der Waals surface area contributed by atoms with Crippen molar-refractivity contribution in [1.29, 1.82) is 0 Å². The number of hydrogen-bond acceptors (Lipinski definition) is 2. The van der Waals surface area contributed by atoms with Crippen LogP contribution in [-0.2, 0) is 11.2 Å². The number of fused-ring (bicyclic) bond motifs is 1. The molecule has 0 aliphatic heterocycles. The fourth-order valence-electron chi connectivity index (χ4n) is 3.63. The summed E-state index contributed by atoms with van der Waals surface area (Å²) in [5, 5.41) is 4.00. The van der Waals surface area contributed by atoms with Gasteiger partial charge in [0.2, 0.25) is 5.91 Å². The molecule has 3 aromatic rings. The monoisotopic (exact) mass is 374 g/mol. The predicted octanol–water partition coefficient (Wildman–Crippen LogP) is 6.49. The van der Waals surface area contributed by atoms with Crippen molar-refractivity contribution >= 4 is 22.5 Å². The molecule has 0 bridgehead atoms. The van der Waals surface area contributed by atoms with Gasteiger partial charge < -0.3 is 5.32 Å². The third kappa shape index (κ3) is 5.41. The van der Waals surface area contributed by atoms with Gasteiger partial charge in [-0.25, -0.2) is 0 Å². The van der Waals surface area contributed by atoms with E-state index in [1.807, 2.05) is 30.3 Å². The van der Waals surface area contributed by atoms with Gasteiger partial charge in [-0.05, 0) is 48.4 Å². The summed E-state index contributed by atoms with van der Waals surface area (Å²) >= 11 is 0. The van der Waals surface area contributed by atoms with Crippen molar-refractivity contribution < 1.29 is 4.79 Å². The smallest absolute Gasteiger partial charge is 0.224 e. The fraction of sp³-hybridized carbons (Fsp3) is 0.360. The van der Waals surface area contributed by atoms with Crippen LogP contribution < -0.4 is 5.32 Å². The fourth-order valence-corrected chi connectivity index (χ4v) is 3.63. The number of aryl methyl sites for hydroxylation is 1. The van der Waals surface area contributed by atoms with Gasteiger partial charge >= 0.3 is 0 Å². The molecule has 1 heterocycles. The van der Waals surface area contributed by atoms with Crippen LogP contribution in [0.2, 0.25) is 0 Å². The molecule has 1 atom stereocenters. The second kappa shape index (κ2) is 10.0. The first-order valence-corrected chi connectivity index (χ1v) is 10.4. The van der Waals surface area contributed by atoms with Crippen LogP contribution in [0.25, 0.3) is 10.9 Å². The van der Waals surface area contributed by atoms with E-state index < -0.39 is 0 Å². The van der Waals surface area contributed by atoms with E-state index in [2.05, 4.69) is 48.4 Å². The van der Waals surface area contributed by atoms with Crippen LogP contribution in [-0.4, -0.2) is 10.9 Å². The van der Waals surface area contributed by atoms with Gasteiger partial charge in [0.1, 0.15) is 0 Å². The Bertz CT molecular complexity index is 902. The predicted molar refractivity (Wildman–Crippen MR) is 118 cm³/mol. The lowest BCUT2D eigenvalue weighted by molar-refractivity contribution is -0.116. The topological polar surface area (TPSA) is 42.0 Å². The van der Waals surface area contributed by atoms with Gasteiger partial charge in [0.25, 0.3) is 0 Å². The molecule has 3 nitrogen and oxygen atoms in total. The number of rotatable bonds is 9. The maximum Gasteiger partial charge on any atom is 0.224 e. The Morgan fingerprint density at radius 2 is 1.86 bits per heavy atom. The van der Waals surface area contributed by atoms with E-state index in [9.17, 15) is 4.79 Å². The molecule has 2 aromatic carbocycles. The molecular formula is C25H30N2O. The van der Waals surface area contributed by atoms with Gasteiger partial charge in [0.05, 0.1) is 17.4 Å². The van der Waals surface area contributed by atoms with E-state index >= 15 is 0 Å². The SMILES string of the molecule is CCCCC(CC)c1ccc(CCC(=O)Nc2cnc3ccccc3c2)cc1. The lowest BCUT2D eigenvalue weighted by Crippen LogP contribution is -2.12. The molecule has 146 valence electrons. The first kappa shape index (κ1) is 20.1. The summed E-state index contributed by atoms with van der Waals surface area (Å²) in [7, 11) is 0. The minimum absolute atomic E-state index is 0.0236. The lowest BCUT2D eigenvalue weighted by Gasteiger charge is -2.15. The second-order valence-electron chi connectivity index (χ2n) is 7.45. The van der Waals surface area contributed by atoms with Crippen LogP contribution in [0.3, 0.4) is 0 Å². The number of hydrogen-bond donors (Lipinski definition) is 1. The zero-order valence-electron chi connectivity index (χ0n) is 16.9. The Labute approximate surface area is 168 Å². The summed E-state index contributed by atoms with van der Waals surface area (Å²) < 4.78 is 0. The number of pyridine rings is 1. The molecular weight excluding hydrogens is 344 g/mol. The minimum atomic E-state index is 0.0236. The molecule has 1 aromatic heterocycles. The summed E-state index contributed by atoms with van der Waals surface area (Å²) in [4.78, 5) is 16.7. The Kier molecular flexibility index (Phi) is 7.18. The highest BCUT2D eigenvalue weighted by atomic mass is 16.1. The van der Waals surface area contributed by atoms with Crippen LogP contribution in [0.5, 0.6) is 0 Å². The summed E-state index contributed by atoms with van der Waals surface area (Å²) in [5.41, 5.74) is 4.32. The zero-order chi connectivity index (χ0) is 19.8. The Morgan fingerprint density at radius 1 is 1.07 bits per heavy atom. The van der Waals surface area contributed by atoms with Gasteiger partial charge in [-0.15, -0.1) is 0 Å². The highest BCUT2D eigenvalue weighted by Gasteiger charge is 2.09. The summed E-state index contributed by atoms with van der Waals surface area (Å²) in [6.45, 7) is 4.51. The molecule has 0 aliphatic carbocycles. The number of nitrogens with zero attached hydrogens (tertiary/aromatic N) is 1. The molecule has 0 spiro atoms. The van der Waals surface area contributed by atoms with Crippen molar-refractivity contribution in [2.45, 2.75) is 58.3 Å². The Hall–Kier alpha value is -2.68. The highest BCUT2D eigenvalue weighted by Crippen LogP contribution is 2.26. The van der Waals surface area contributed by atoms with E-state index in [-0.39, 0.29) is 5.91 Å². The third-order valence-electron chi connectivity index (χ3n) is 5.37. The second-order valence-corrected chi connectivity index (χ2v) is 7.45. The molecule has 0 saturated carbocycles. The van der Waals surface area contributed by atoms with Crippen LogP contribution in [0, 0.1) is 0 Å². The third-order valence-corrected chi connectivity index (χ3v) is 5.37. The maximum absolute atomic E-state index is 12.3. The van der Waals surface area contributed by atoms with Crippen molar-refractivity contribution in [3.63, 3.8) is 0 Å².